The Morgan fingerprint density at radius 3 is 2.69 bits per heavy atom. The molecule has 2 aromatic heterocycles. The van der Waals surface area contributed by atoms with Gasteiger partial charge in [-0.3, -0.25) is 4.79 Å². The third kappa shape index (κ3) is 2.64. The Morgan fingerprint density at radius 2 is 2.06 bits per heavy atom. The van der Waals surface area contributed by atoms with E-state index in [4.69, 9.17) is 0 Å². The normalized spacial score (nSPS) is 9.81. The quantitative estimate of drug-likeness (QED) is 0.918. The molecule has 0 aliphatic heterocycles. The van der Waals surface area contributed by atoms with E-state index in [1.807, 2.05) is 0 Å². The zero-order valence-electron chi connectivity index (χ0n) is 8.22. The summed E-state index contributed by atoms with van der Waals surface area (Å²) in [6, 6.07) is 8.71. The third-order valence-corrected chi connectivity index (χ3v) is 2.34. The van der Waals surface area contributed by atoms with Crippen molar-refractivity contribution >= 4 is 27.7 Å². The van der Waals surface area contributed by atoms with Gasteiger partial charge in [0.25, 0.3) is 5.91 Å². The summed E-state index contributed by atoms with van der Waals surface area (Å²) in [5.74, 6) is 0.239. The highest BCUT2D eigenvalue weighted by Crippen LogP contribution is 2.09. The number of nitrogens with one attached hydrogen (secondary N) is 1. The molecular formula is C11H8BrN3O. The number of hydrogen-bond acceptors (Lipinski definition) is 3. The molecule has 0 unspecified atom stereocenters. The molecule has 80 valence electrons. The molecule has 0 saturated heterocycles. The molecule has 0 spiro atoms. The maximum absolute atomic E-state index is 11.7. The SMILES string of the molecule is O=C(Nc1ccccn1)c1ccc(Br)cn1. The lowest BCUT2D eigenvalue weighted by molar-refractivity contribution is 0.102. The molecule has 2 heterocycles. The van der Waals surface area contributed by atoms with Gasteiger partial charge in [-0.2, -0.15) is 0 Å². The van der Waals surface area contributed by atoms with Crippen molar-refractivity contribution in [1.29, 1.82) is 0 Å². The molecule has 0 aliphatic rings. The van der Waals surface area contributed by atoms with Crippen molar-refractivity contribution in [3.05, 3.63) is 52.9 Å². The highest BCUT2D eigenvalue weighted by Gasteiger charge is 2.07. The van der Waals surface area contributed by atoms with Gasteiger partial charge in [-0.15, -0.1) is 0 Å². The van der Waals surface area contributed by atoms with E-state index in [0.29, 0.717) is 11.5 Å². The summed E-state index contributed by atoms with van der Waals surface area (Å²) < 4.78 is 0.835. The first-order valence-corrected chi connectivity index (χ1v) is 5.39. The van der Waals surface area contributed by atoms with Crippen LogP contribution in [-0.4, -0.2) is 15.9 Å². The predicted molar refractivity (Wildman–Crippen MR) is 64.1 cm³/mol. The molecule has 4 nitrogen and oxygen atoms in total. The Hall–Kier alpha value is -1.75. The second kappa shape index (κ2) is 4.85. The summed E-state index contributed by atoms with van der Waals surface area (Å²) in [5.41, 5.74) is 0.355. The number of aromatic nitrogens is 2. The van der Waals surface area contributed by atoms with Crippen LogP contribution in [0.3, 0.4) is 0 Å². The number of halogens is 1. The predicted octanol–water partition coefficient (Wildman–Crippen LogP) is 2.49. The Morgan fingerprint density at radius 1 is 1.19 bits per heavy atom. The largest absolute Gasteiger partial charge is 0.305 e. The fourth-order valence-corrected chi connectivity index (χ4v) is 1.36. The van der Waals surface area contributed by atoms with Crippen molar-refractivity contribution in [3.8, 4) is 0 Å². The summed E-state index contributed by atoms with van der Waals surface area (Å²) in [6.07, 6.45) is 3.19. The van der Waals surface area contributed by atoms with E-state index in [1.54, 1.807) is 42.7 Å². The molecule has 16 heavy (non-hydrogen) atoms. The third-order valence-electron chi connectivity index (χ3n) is 1.87. The first kappa shape index (κ1) is 10.8. The van der Waals surface area contributed by atoms with Gasteiger partial charge in [0, 0.05) is 16.9 Å². The second-order valence-electron chi connectivity index (χ2n) is 3.03. The van der Waals surface area contributed by atoms with Crippen LogP contribution in [0.5, 0.6) is 0 Å². The summed E-state index contributed by atoms with van der Waals surface area (Å²) in [7, 11) is 0. The maximum atomic E-state index is 11.7. The lowest BCUT2D eigenvalue weighted by Crippen LogP contribution is -2.14. The maximum Gasteiger partial charge on any atom is 0.275 e. The minimum absolute atomic E-state index is 0.272. The summed E-state index contributed by atoms with van der Waals surface area (Å²) in [4.78, 5) is 19.7. The van der Waals surface area contributed by atoms with Crippen molar-refractivity contribution in [2.24, 2.45) is 0 Å². The van der Waals surface area contributed by atoms with Gasteiger partial charge in [0.1, 0.15) is 11.5 Å². The van der Waals surface area contributed by atoms with E-state index in [-0.39, 0.29) is 5.91 Å². The molecule has 0 radical (unpaired) electrons. The molecule has 0 aromatic carbocycles. The van der Waals surface area contributed by atoms with Crippen LogP contribution in [0.4, 0.5) is 5.82 Å². The molecule has 0 saturated carbocycles. The van der Waals surface area contributed by atoms with Crippen molar-refractivity contribution in [1.82, 2.24) is 9.97 Å². The minimum Gasteiger partial charge on any atom is -0.305 e. The lowest BCUT2D eigenvalue weighted by Gasteiger charge is -2.02. The fraction of sp³-hybridized carbons (Fsp3) is 0. The Balaban J connectivity index is 2.12. The molecule has 2 aromatic rings. The number of rotatable bonds is 2. The van der Waals surface area contributed by atoms with Crippen molar-refractivity contribution in [2.75, 3.05) is 5.32 Å². The van der Waals surface area contributed by atoms with Gasteiger partial charge in [0.2, 0.25) is 0 Å². The zero-order chi connectivity index (χ0) is 11.4. The van der Waals surface area contributed by atoms with Gasteiger partial charge in [0.15, 0.2) is 0 Å². The minimum atomic E-state index is -0.272. The Bertz CT molecular complexity index is 484. The number of nitrogens with zero attached hydrogens (tertiary/aromatic N) is 2. The molecule has 1 amide bonds. The molecular weight excluding hydrogens is 270 g/mol. The van der Waals surface area contributed by atoms with Crippen LogP contribution in [-0.2, 0) is 0 Å². The average molecular weight is 278 g/mol. The van der Waals surface area contributed by atoms with E-state index >= 15 is 0 Å². The summed E-state index contributed by atoms with van der Waals surface area (Å²) in [5, 5.41) is 2.65. The second-order valence-corrected chi connectivity index (χ2v) is 3.95. The smallest absolute Gasteiger partial charge is 0.275 e. The van der Waals surface area contributed by atoms with Crippen LogP contribution < -0.4 is 5.32 Å². The molecule has 0 fully saturated rings. The molecule has 0 bridgehead atoms. The van der Waals surface area contributed by atoms with E-state index in [2.05, 4.69) is 31.2 Å². The zero-order valence-corrected chi connectivity index (χ0v) is 9.81. The Labute approximate surface area is 101 Å². The number of pyridine rings is 2. The highest BCUT2D eigenvalue weighted by atomic mass is 79.9. The number of carbonyl (C=O) groups excluding carboxylic acids is 1. The van der Waals surface area contributed by atoms with Gasteiger partial charge >= 0.3 is 0 Å². The number of carbonyl (C=O) groups is 1. The highest BCUT2D eigenvalue weighted by molar-refractivity contribution is 9.10. The molecule has 0 aliphatic carbocycles. The molecule has 1 N–H and O–H groups in total. The van der Waals surface area contributed by atoms with Crippen molar-refractivity contribution in [3.63, 3.8) is 0 Å². The van der Waals surface area contributed by atoms with Gasteiger partial charge in [-0.05, 0) is 40.2 Å². The Kier molecular flexibility index (Phi) is 3.26. The monoisotopic (exact) mass is 277 g/mol. The molecule has 5 heteroatoms. The van der Waals surface area contributed by atoms with Crippen LogP contribution in [0.25, 0.3) is 0 Å². The summed E-state index contributed by atoms with van der Waals surface area (Å²) in [6.45, 7) is 0. The van der Waals surface area contributed by atoms with Gasteiger partial charge in [0.05, 0.1) is 0 Å². The van der Waals surface area contributed by atoms with Gasteiger partial charge in [-0.1, -0.05) is 6.07 Å². The van der Waals surface area contributed by atoms with E-state index in [0.717, 1.165) is 4.47 Å². The number of anilines is 1. The topological polar surface area (TPSA) is 54.9 Å². The van der Waals surface area contributed by atoms with E-state index < -0.39 is 0 Å². The average Bonchev–Trinajstić information content (AvgIpc) is 2.31. The van der Waals surface area contributed by atoms with Crippen LogP contribution in [0.1, 0.15) is 10.5 Å². The first-order valence-electron chi connectivity index (χ1n) is 4.59. The van der Waals surface area contributed by atoms with E-state index in [1.165, 1.54) is 0 Å². The fourth-order valence-electron chi connectivity index (χ4n) is 1.13. The van der Waals surface area contributed by atoms with Crippen LogP contribution >= 0.6 is 15.9 Å². The number of amides is 1. The van der Waals surface area contributed by atoms with Crippen LogP contribution in [0.15, 0.2) is 47.2 Å². The van der Waals surface area contributed by atoms with Crippen LogP contribution in [0, 0.1) is 0 Å². The van der Waals surface area contributed by atoms with Crippen LogP contribution in [0.2, 0.25) is 0 Å². The number of hydrogen-bond donors (Lipinski definition) is 1. The molecule has 0 atom stereocenters. The lowest BCUT2D eigenvalue weighted by atomic mass is 10.3. The standard InChI is InChI=1S/C11H8BrN3O/c12-8-4-5-9(14-7-8)11(16)15-10-3-1-2-6-13-10/h1-7H,(H,13,15,16). The van der Waals surface area contributed by atoms with Gasteiger partial charge in [-0.25, -0.2) is 9.97 Å². The molecule has 2 rings (SSSR count). The van der Waals surface area contributed by atoms with Crippen molar-refractivity contribution in [2.45, 2.75) is 0 Å². The summed E-state index contributed by atoms with van der Waals surface area (Å²) >= 11 is 3.25. The first-order chi connectivity index (χ1) is 7.75. The van der Waals surface area contributed by atoms with Crippen molar-refractivity contribution < 1.29 is 4.79 Å². The van der Waals surface area contributed by atoms with E-state index in [9.17, 15) is 4.79 Å². The van der Waals surface area contributed by atoms with Gasteiger partial charge < -0.3 is 5.32 Å².